The third kappa shape index (κ3) is 4.63. The van der Waals surface area contributed by atoms with Crippen LogP contribution >= 0.6 is 0 Å². The van der Waals surface area contributed by atoms with Crippen molar-refractivity contribution in [3.63, 3.8) is 0 Å². The predicted molar refractivity (Wildman–Crippen MR) is 98.8 cm³/mol. The van der Waals surface area contributed by atoms with E-state index in [1.54, 1.807) is 11.8 Å². The lowest BCUT2D eigenvalue weighted by Crippen LogP contribution is -2.31. The van der Waals surface area contributed by atoms with Gasteiger partial charge in [-0.2, -0.15) is 0 Å². The summed E-state index contributed by atoms with van der Waals surface area (Å²) < 4.78 is 5.16. The number of amidine groups is 1. The molecule has 1 aromatic carbocycles. The quantitative estimate of drug-likeness (QED) is 0.360. The van der Waals surface area contributed by atoms with Crippen molar-refractivity contribution in [2.24, 2.45) is 10.9 Å². The molecule has 0 bridgehead atoms. The molecule has 0 unspecified atom stereocenters. The number of nitrogens with one attached hydrogen (secondary N) is 1. The molecule has 9 heteroatoms. The van der Waals surface area contributed by atoms with Crippen LogP contribution in [-0.4, -0.2) is 41.0 Å². The Morgan fingerprint density at radius 1 is 1.30 bits per heavy atom. The van der Waals surface area contributed by atoms with Crippen LogP contribution in [0.5, 0.6) is 0 Å². The molecule has 2 heterocycles. The molecule has 1 aromatic heterocycles. The number of anilines is 1. The first-order valence-corrected chi connectivity index (χ1v) is 8.64. The normalized spacial score (nSPS) is 14.3. The molecule has 0 saturated carbocycles. The van der Waals surface area contributed by atoms with Gasteiger partial charge in [0.25, 0.3) is 0 Å². The first-order chi connectivity index (χ1) is 13.0. The zero-order valence-electron chi connectivity index (χ0n) is 15.0. The van der Waals surface area contributed by atoms with Crippen molar-refractivity contribution in [2.45, 2.75) is 26.2 Å². The molecule has 1 aliphatic heterocycles. The summed E-state index contributed by atoms with van der Waals surface area (Å²) in [6.45, 7) is 3.12. The molecule has 3 rings (SSSR count). The highest BCUT2D eigenvalue weighted by Gasteiger charge is 2.20. The van der Waals surface area contributed by atoms with E-state index in [9.17, 15) is 9.59 Å². The second-order valence-corrected chi connectivity index (χ2v) is 6.18. The lowest BCUT2D eigenvalue weighted by molar-refractivity contribution is -0.128. The average Bonchev–Trinajstić information content (AvgIpc) is 3.32. The fraction of sp³-hybridized carbons (Fsp3) is 0.333. The second-order valence-electron chi connectivity index (χ2n) is 6.18. The smallest absolute Gasteiger partial charge is 0.384 e. The lowest BCUT2D eigenvalue weighted by Gasteiger charge is -2.14. The van der Waals surface area contributed by atoms with E-state index in [4.69, 9.17) is 15.1 Å². The topological polar surface area (TPSA) is 123 Å². The van der Waals surface area contributed by atoms with Crippen LogP contribution in [0.15, 0.2) is 40.0 Å². The maximum absolute atomic E-state index is 12.0. The third-order valence-corrected chi connectivity index (χ3v) is 4.17. The number of rotatable bonds is 5. The molecule has 1 aliphatic rings. The molecule has 1 fully saturated rings. The number of amides is 2. The number of benzene rings is 1. The Balaban J connectivity index is 1.59. The van der Waals surface area contributed by atoms with Crippen molar-refractivity contribution < 1.29 is 18.9 Å². The minimum absolute atomic E-state index is 0.0626. The van der Waals surface area contributed by atoms with Crippen molar-refractivity contribution in [1.82, 2.24) is 10.1 Å². The Kier molecular flexibility index (Phi) is 5.70. The van der Waals surface area contributed by atoms with E-state index in [1.165, 1.54) is 0 Å². The maximum atomic E-state index is 12.0. The van der Waals surface area contributed by atoms with E-state index in [1.807, 2.05) is 30.3 Å². The number of nitrogens with two attached hydrogens (primary N) is 1. The second kappa shape index (κ2) is 8.35. The van der Waals surface area contributed by atoms with Crippen LogP contribution in [0.2, 0.25) is 0 Å². The van der Waals surface area contributed by atoms with Gasteiger partial charge in [-0.05, 0) is 19.8 Å². The number of oxime groups is 1. The molecule has 2 aromatic rings. The highest BCUT2D eigenvalue weighted by atomic mass is 16.7. The van der Waals surface area contributed by atoms with Crippen LogP contribution in [0.4, 0.5) is 10.5 Å². The minimum atomic E-state index is -0.852. The van der Waals surface area contributed by atoms with Crippen LogP contribution in [0, 0.1) is 6.92 Å². The van der Waals surface area contributed by atoms with Crippen LogP contribution < -0.4 is 11.1 Å². The number of aryl methyl sites for hydroxylation is 1. The SMILES string of the molecule is Cc1onc(-c2ccccc2)c1NC(=O)ON=C(N)CC(=O)N1CCCC1. The molecule has 0 spiro atoms. The fourth-order valence-corrected chi connectivity index (χ4v) is 2.80. The molecular formula is C18H21N5O4. The number of likely N-dealkylation sites (tertiary alicyclic amines) is 1. The van der Waals surface area contributed by atoms with Crippen molar-refractivity contribution in [3.05, 3.63) is 36.1 Å². The van der Waals surface area contributed by atoms with E-state index in [0.717, 1.165) is 31.5 Å². The molecule has 0 atom stereocenters. The maximum Gasteiger partial charge on any atom is 0.438 e. The number of nitrogens with zero attached hydrogens (tertiary/aromatic N) is 3. The molecule has 9 nitrogen and oxygen atoms in total. The lowest BCUT2D eigenvalue weighted by atomic mass is 10.1. The van der Waals surface area contributed by atoms with Gasteiger partial charge in [0.1, 0.15) is 17.2 Å². The van der Waals surface area contributed by atoms with E-state index >= 15 is 0 Å². The van der Waals surface area contributed by atoms with Gasteiger partial charge in [0, 0.05) is 18.7 Å². The number of aromatic nitrogens is 1. The summed E-state index contributed by atoms with van der Waals surface area (Å²) in [5.41, 5.74) is 7.32. The molecule has 0 radical (unpaired) electrons. The van der Waals surface area contributed by atoms with Crippen molar-refractivity contribution >= 4 is 23.5 Å². The van der Waals surface area contributed by atoms with Gasteiger partial charge in [-0.25, -0.2) is 4.79 Å². The minimum Gasteiger partial charge on any atom is -0.384 e. The van der Waals surface area contributed by atoms with Crippen LogP contribution in [0.25, 0.3) is 11.3 Å². The first kappa shape index (κ1) is 18.4. The van der Waals surface area contributed by atoms with Crippen LogP contribution in [0.3, 0.4) is 0 Å². The zero-order chi connectivity index (χ0) is 19.2. The summed E-state index contributed by atoms with van der Waals surface area (Å²) in [5.74, 6) is 0.235. The number of hydrogen-bond acceptors (Lipinski definition) is 6. The summed E-state index contributed by atoms with van der Waals surface area (Å²) in [5, 5.41) is 10.0. The summed E-state index contributed by atoms with van der Waals surface area (Å²) in [7, 11) is 0. The van der Waals surface area contributed by atoms with Crippen molar-refractivity contribution in [3.8, 4) is 11.3 Å². The Morgan fingerprint density at radius 3 is 2.70 bits per heavy atom. The van der Waals surface area contributed by atoms with E-state index in [0.29, 0.717) is 17.1 Å². The Bertz CT molecular complexity index is 841. The highest BCUT2D eigenvalue weighted by Crippen LogP contribution is 2.29. The van der Waals surface area contributed by atoms with Gasteiger partial charge in [0.2, 0.25) is 5.91 Å². The molecule has 3 N–H and O–H groups in total. The highest BCUT2D eigenvalue weighted by molar-refractivity contribution is 5.99. The van der Waals surface area contributed by atoms with Gasteiger partial charge in [-0.15, -0.1) is 0 Å². The largest absolute Gasteiger partial charge is 0.438 e. The van der Waals surface area contributed by atoms with Gasteiger partial charge >= 0.3 is 6.09 Å². The van der Waals surface area contributed by atoms with Gasteiger partial charge in [0.15, 0.2) is 5.76 Å². The Hall–Kier alpha value is -3.36. The summed E-state index contributed by atoms with van der Waals surface area (Å²) >= 11 is 0. The van der Waals surface area contributed by atoms with Gasteiger partial charge < -0.3 is 15.2 Å². The average molecular weight is 371 g/mol. The number of hydrogen-bond donors (Lipinski definition) is 2. The molecule has 2 amide bonds. The fourth-order valence-electron chi connectivity index (χ4n) is 2.80. The van der Waals surface area contributed by atoms with Crippen molar-refractivity contribution in [2.75, 3.05) is 18.4 Å². The van der Waals surface area contributed by atoms with E-state index < -0.39 is 6.09 Å². The number of carbonyl (C=O) groups is 2. The van der Waals surface area contributed by atoms with Gasteiger partial charge in [-0.1, -0.05) is 40.6 Å². The van der Waals surface area contributed by atoms with Crippen LogP contribution in [-0.2, 0) is 9.63 Å². The summed E-state index contributed by atoms with van der Waals surface area (Å²) in [6, 6.07) is 9.26. The molecule has 142 valence electrons. The Morgan fingerprint density at radius 2 is 2.00 bits per heavy atom. The van der Waals surface area contributed by atoms with Crippen molar-refractivity contribution in [1.29, 1.82) is 0 Å². The van der Waals surface area contributed by atoms with E-state index in [-0.39, 0.29) is 18.2 Å². The van der Waals surface area contributed by atoms with E-state index in [2.05, 4.69) is 15.6 Å². The standard InChI is InChI=1S/C18H21N5O4/c1-12-16(17(22-26-12)13-7-3-2-4-8-13)20-18(25)27-21-14(19)11-15(24)23-9-5-6-10-23/h2-4,7-8H,5-6,9-11H2,1H3,(H2,19,21)(H,20,25). The zero-order valence-corrected chi connectivity index (χ0v) is 15.0. The first-order valence-electron chi connectivity index (χ1n) is 8.64. The monoisotopic (exact) mass is 371 g/mol. The van der Waals surface area contributed by atoms with Crippen LogP contribution in [0.1, 0.15) is 25.0 Å². The summed E-state index contributed by atoms with van der Waals surface area (Å²) in [6.07, 6.45) is 1.04. The predicted octanol–water partition coefficient (Wildman–Crippen LogP) is 2.48. The van der Waals surface area contributed by atoms with Gasteiger partial charge in [0.05, 0.1) is 6.42 Å². The molecule has 0 aliphatic carbocycles. The number of carbonyl (C=O) groups excluding carboxylic acids is 2. The molecule has 27 heavy (non-hydrogen) atoms. The summed E-state index contributed by atoms with van der Waals surface area (Å²) in [4.78, 5) is 30.5. The molecular weight excluding hydrogens is 350 g/mol. The third-order valence-electron chi connectivity index (χ3n) is 4.17. The molecule has 1 saturated heterocycles. The Labute approximate surface area is 156 Å². The van der Waals surface area contributed by atoms with Gasteiger partial charge in [-0.3, -0.25) is 14.9 Å².